The molecule has 1 aliphatic heterocycles. The highest BCUT2D eigenvalue weighted by Gasteiger charge is 2.20. The monoisotopic (exact) mass is 476 g/mol. The van der Waals surface area contributed by atoms with Crippen LogP contribution in [0.1, 0.15) is 24.0 Å². The van der Waals surface area contributed by atoms with Crippen LogP contribution in [0.25, 0.3) is 32.7 Å². The van der Waals surface area contributed by atoms with Gasteiger partial charge in [0.15, 0.2) is 0 Å². The summed E-state index contributed by atoms with van der Waals surface area (Å²) in [6.45, 7) is 5.12. The third kappa shape index (κ3) is 4.63. The van der Waals surface area contributed by atoms with Gasteiger partial charge in [-0.3, -0.25) is 10.2 Å². The van der Waals surface area contributed by atoms with E-state index in [4.69, 9.17) is 15.4 Å². The number of hydrogen-bond donors (Lipinski definition) is 3. The maximum absolute atomic E-state index is 11.0. The van der Waals surface area contributed by atoms with E-state index in [0.717, 1.165) is 35.8 Å². The van der Waals surface area contributed by atoms with Gasteiger partial charge in [0.05, 0.1) is 0 Å². The zero-order valence-electron chi connectivity index (χ0n) is 18.6. The molecule has 0 bridgehead atoms. The molecule has 4 N–H and O–H groups in total. The fraction of sp³-hybridized carbons (Fsp3) is 0.250. The minimum absolute atomic E-state index is 0.278. The standard InChI is InChI=1S/C24H24N6O3S/c1-14-7-8-17(26-24(31)32)12-18(14)21-28-22(33-29-21)19-20(25)27-23(34-19)16-6-4-5-15(11-16)13-30-9-2-3-10-30/h4-8,11-12,26H,2-3,9-10,13,25H2,1H3,(H,31,32). The van der Waals surface area contributed by atoms with Gasteiger partial charge in [-0.1, -0.05) is 29.4 Å². The zero-order valence-corrected chi connectivity index (χ0v) is 19.4. The van der Waals surface area contributed by atoms with E-state index in [2.05, 4.69) is 37.5 Å². The van der Waals surface area contributed by atoms with Crippen LogP contribution in [-0.2, 0) is 6.54 Å². The molecule has 1 fully saturated rings. The lowest BCUT2D eigenvalue weighted by Gasteiger charge is -2.14. The number of nitrogen functional groups attached to an aromatic ring is 1. The number of aromatic nitrogens is 3. The smallest absolute Gasteiger partial charge is 0.409 e. The summed E-state index contributed by atoms with van der Waals surface area (Å²) in [6.07, 6.45) is 1.38. The minimum atomic E-state index is -1.14. The molecule has 1 saturated heterocycles. The summed E-state index contributed by atoms with van der Waals surface area (Å²) in [7, 11) is 0. The highest BCUT2D eigenvalue weighted by atomic mass is 32.1. The number of anilines is 2. The van der Waals surface area contributed by atoms with Gasteiger partial charge in [0.25, 0.3) is 5.89 Å². The van der Waals surface area contributed by atoms with Crippen molar-refractivity contribution in [1.29, 1.82) is 0 Å². The summed E-state index contributed by atoms with van der Waals surface area (Å²) >= 11 is 1.41. The number of benzene rings is 2. The molecule has 5 rings (SSSR count). The number of amides is 1. The van der Waals surface area contributed by atoms with Crippen LogP contribution in [0, 0.1) is 6.92 Å². The maximum atomic E-state index is 11.0. The van der Waals surface area contributed by atoms with Crippen molar-refractivity contribution in [3.63, 3.8) is 0 Å². The predicted octanol–water partition coefficient (Wildman–Crippen LogP) is 5.10. The lowest BCUT2D eigenvalue weighted by atomic mass is 10.1. The van der Waals surface area contributed by atoms with Gasteiger partial charge in [-0.25, -0.2) is 9.78 Å². The van der Waals surface area contributed by atoms with E-state index < -0.39 is 6.09 Å². The molecule has 0 saturated carbocycles. The Balaban J connectivity index is 1.41. The number of rotatable bonds is 6. The van der Waals surface area contributed by atoms with Crippen LogP contribution in [0.2, 0.25) is 0 Å². The highest BCUT2D eigenvalue weighted by molar-refractivity contribution is 7.18. The molecule has 4 aromatic rings. The molecule has 2 aromatic carbocycles. The second-order valence-electron chi connectivity index (χ2n) is 8.30. The Hall–Kier alpha value is -3.76. The Morgan fingerprint density at radius 2 is 2.03 bits per heavy atom. The molecule has 3 heterocycles. The number of nitrogens with zero attached hydrogens (tertiary/aromatic N) is 4. The van der Waals surface area contributed by atoms with Crippen LogP contribution >= 0.6 is 11.3 Å². The summed E-state index contributed by atoms with van der Waals surface area (Å²) in [5.41, 5.74) is 10.5. The second kappa shape index (κ2) is 9.24. The molecule has 2 aromatic heterocycles. The van der Waals surface area contributed by atoms with Gasteiger partial charge in [0.1, 0.15) is 15.7 Å². The molecule has 0 spiro atoms. The fourth-order valence-electron chi connectivity index (χ4n) is 4.10. The molecule has 174 valence electrons. The third-order valence-corrected chi connectivity index (χ3v) is 6.89. The minimum Gasteiger partial charge on any atom is -0.465 e. The van der Waals surface area contributed by atoms with Crippen LogP contribution in [0.5, 0.6) is 0 Å². The predicted molar refractivity (Wildman–Crippen MR) is 132 cm³/mol. The molecular weight excluding hydrogens is 452 g/mol. The van der Waals surface area contributed by atoms with Gasteiger partial charge in [-0.05, 0) is 62.2 Å². The van der Waals surface area contributed by atoms with Crippen molar-refractivity contribution < 1.29 is 14.4 Å². The van der Waals surface area contributed by atoms with Crippen molar-refractivity contribution in [1.82, 2.24) is 20.0 Å². The molecule has 0 radical (unpaired) electrons. The Bertz CT molecular complexity index is 1340. The van der Waals surface area contributed by atoms with Crippen molar-refractivity contribution in [2.24, 2.45) is 0 Å². The molecule has 0 atom stereocenters. The van der Waals surface area contributed by atoms with Crippen molar-refractivity contribution in [2.45, 2.75) is 26.3 Å². The number of nitrogens with one attached hydrogen (secondary N) is 1. The largest absolute Gasteiger partial charge is 0.465 e. The molecule has 0 aliphatic carbocycles. The molecule has 9 nitrogen and oxygen atoms in total. The van der Waals surface area contributed by atoms with E-state index >= 15 is 0 Å². The molecule has 1 aliphatic rings. The van der Waals surface area contributed by atoms with Gasteiger partial charge < -0.3 is 15.4 Å². The van der Waals surface area contributed by atoms with E-state index in [-0.39, 0.29) is 5.89 Å². The van der Waals surface area contributed by atoms with Crippen LogP contribution < -0.4 is 11.1 Å². The summed E-state index contributed by atoms with van der Waals surface area (Å²) < 4.78 is 5.51. The number of aryl methyl sites for hydroxylation is 1. The lowest BCUT2D eigenvalue weighted by Crippen LogP contribution is -2.18. The van der Waals surface area contributed by atoms with Crippen molar-refractivity contribution in [2.75, 3.05) is 24.1 Å². The van der Waals surface area contributed by atoms with E-state index in [1.54, 1.807) is 18.2 Å². The molecule has 10 heteroatoms. The van der Waals surface area contributed by atoms with Gasteiger partial charge >= 0.3 is 6.09 Å². The van der Waals surface area contributed by atoms with E-state index in [1.807, 2.05) is 19.1 Å². The lowest BCUT2D eigenvalue weighted by molar-refractivity contribution is 0.210. The average Bonchev–Trinajstić information content (AvgIpc) is 3.56. The van der Waals surface area contributed by atoms with Crippen molar-refractivity contribution in [3.8, 4) is 32.7 Å². The van der Waals surface area contributed by atoms with Gasteiger partial charge in [-0.15, -0.1) is 11.3 Å². The molecular formula is C24H24N6O3S. The number of hydrogen-bond acceptors (Lipinski definition) is 8. The molecule has 1 amide bonds. The summed E-state index contributed by atoms with van der Waals surface area (Å²) in [5, 5.41) is 16.2. The number of carbonyl (C=O) groups is 1. The van der Waals surface area contributed by atoms with Crippen molar-refractivity contribution >= 4 is 28.9 Å². The zero-order chi connectivity index (χ0) is 23.7. The number of carboxylic acid groups (broad SMARTS) is 1. The van der Waals surface area contributed by atoms with E-state index in [0.29, 0.717) is 27.8 Å². The van der Waals surface area contributed by atoms with Crippen LogP contribution in [0.3, 0.4) is 0 Å². The molecule has 34 heavy (non-hydrogen) atoms. The normalized spacial score (nSPS) is 13.9. The first kappa shape index (κ1) is 22.1. The summed E-state index contributed by atoms with van der Waals surface area (Å²) in [4.78, 5) is 23.1. The fourth-order valence-corrected chi connectivity index (χ4v) is 5.00. The number of nitrogens with two attached hydrogens (primary N) is 1. The second-order valence-corrected chi connectivity index (χ2v) is 9.30. The number of thiazole rings is 1. The highest BCUT2D eigenvalue weighted by Crippen LogP contribution is 2.37. The number of likely N-dealkylation sites (tertiary alicyclic amines) is 1. The molecule has 0 unspecified atom stereocenters. The quantitative estimate of drug-likeness (QED) is 0.350. The Morgan fingerprint density at radius 1 is 1.21 bits per heavy atom. The summed E-state index contributed by atoms with van der Waals surface area (Å²) in [5.74, 6) is 0.960. The SMILES string of the molecule is Cc1ccc(NC(=O)O)cc1-c1noc(-c2sc(-c3cccc(CN4CCCC4)c3)nc2N)n1. The van der Waals surface area contributed by atoms with E-state index in [1.165, 1.54) is 29.7 Å². The summed E-state index contributed by atoms with van der Waals surface area (Å²) in [6, 6.07) is 13.5. The van der Waals surface area contributed by atoms with Gasteiger partial charge in [0, 0.05) is 23.4 Å². The first-order chi connectivity index (χ1) is 16.5. The Kier molecular flexibility index (Phi) is 5.99. The van der Waals surface area contributed by atoms with Crippen molar-refractivity contribution in [3.05, 3.63) is 53.6 Å². The van der Waals surface area contributed by atoms with E-state index in [9.17, 15) is 4.79 Å². The maximum Gasteiger partial charge on any atom is 0.409 e. The average molecular weight is 477 g/mol. The topological polar surface area (TPSA) is 130 Å². The first-order valence-corrected chi connectivity index (χ1v) is 11.8. The third-order valence-electron chi connectivity index (χ3n) is 5.78. The van der Waals surface area contributed by atoms with Crippen LogP contribution in [0.15, 0.2) is 47.0 Å². The van der Waals surface area contributed by atoms with Gasteiger partial charge in [0.2, 0.25) is 5.82 Å². The Labute approximate surface area is 200 Å². The van der Waals surface area contributed by atoms with Gasteiger partial charge in [-0.2, -0.15) is 4.98 Å². The van der Waals surface area contributed by atoms with Crippen LogP contribution in [-0.4, -0.2) is 44.3 Å². The van der Waals surface area contributed by atoms with Crippen LogP contribution in [0.4, 0.5) is 16.3 Å². The Morgan fingerprint density at radius 3 is 2.82 bits per heavy atom. The first-order valence-electron chi connectivity index (χ1n) is 11.0.